The molecule has 224 valence electrons. The molecule has 3 N–H and O–H groups in total. The van der Waals surface area contributed by atoms with Crippen LogP contribution in [0.3, 0.4) is 0 Å². The molecule has 1 amide bonds. The van der Waals surface area contributed by atoms with Crippen LogP contribution in [0.4, 0.5) is 5.69 Å². The average molecular weight is 607 g/mol. The van der Waals surface area contributed by atoms with E-state index in [4.69, 9.17) is 4.98 Å². The molecule has 9 nitrogen and oxygen atoms in total. The van der Waals surface area contributed by atoms with Crippen molar-refractivity contribution in [3.8, 4) is 0 Å². The number of rotatable bonds is 9. The molecule has 2 aliphatic carbocycles. The van der Waals surface area contributed by atoms with E-state index in [0.29, 0.717) is 29.8 Å². The quantitative estimate of drug-likeness (QED) is 0.187. The van der Waals surface area contributed by atoms with Crippen molar-refractivity contribution in [1.82, 2.24) is 25.0 Å². The molecule has 5 aromatic rings. The molecule has 0 aliphatic heterocycles. The molecule has 1 saturated carbocycles. The summed E-state index contributed by atoms with van der Waals surface area (Å²) < 4.78 is 30.5. The lowest BCUT2D eigenvalue weighted by Crippen LogP contribution is -2.29. The van der Waals surface area contributed by atoms with Crippen LogP contribution >= 0.6 is 0 Å². The van der Waals surface area contributed by atoms with Crippen molar-refractivity contribution in [3.05, 3.63) is 102 Å². The summed E-state index contributed by atoms with van der Waals surface area (Å²) >= 11 is 0. The van der Waals surface area contributed by atoms with E-state index in [9.17, 15) is 13.2 Å². The Kier molecular flexibility index (Phi) is 7.26. The Hall–Kier alpha value is -4.41. The van der Waals surface area contributed by atoms with Crippen LogP contribution in [0.5, 0.6) is 0 Å². The van der Waals surface area contributed by atoms with Gasteiger partial charge in [0.2, 0.25) is 10.0 Å². The van der Waals surface area contributed by atoms with E-state index < -0.39 is 16.1 Å². The fraction of sp³-hybridized carbons (Fsp3) is 0.294. The lowest BCUT2D eigenvalue weighted by molar-refractivity contribution is 0.0935. The lowest BCUT2D eigenvalue weighted by Gasteiger charge is -2.20. The topological polar surface area (TPSA) is 126 Å². The van der Waals surface area contributed by atoms with E-state index >= 15 is 0 Å². The number of sulfonamides is 1. The van der Waals surface area contributed by atoms with Gasteiger partial charge in [-0.15, -0.1) is 0 Å². The van der Waals surface area contributed by atoms with Crippen molar-refractivity contribution in [3.63, 3.8) is 0 Å². The maximum Gasteiger partial charge on any atom is 0.253 e. The summed E-state index contributed by atoms with van der Waals surface area (Å²) in [4.78, 5) is 27.0. The van der Waals surface area contributed by atoms with Crippen LogP contribution in [0.1, 0.15) is 78.3 Å². The Morgan fingerprint density at radius 2 is 1.77 bits per heavy atom. The summed E-state index contributed by atoms with van der Waals surface area (Å²) in [6.45, 7) is 4.27. The zero-order valence-electron chi connectivity index (χ0n) is 24.6. The van der Waals surface area contributed by atoms with Gasteiger partial charge in [-0.05, 0) is 60.6 Å². The summed E-state index contributed by atoms with van der Waals surface area (Å²) in [6.07, 6.45) is 11.2. The number of fused-ring (bicyclic) bond motifs is 4. The van der Waals surface area contributed by atoms with Crippen molar-refractivity contribution < 1.29 is 13.2 Å². The molecule has 2 aromatic carbocycles. The van der Waals surface area contributed by atoms with Gasteiger partial charge in [0.25, 0.3) is 5.91 Å². The first-order valence-corrected chi connectivity index (χ1v) is 16.5. The third kappa shape index (κ3) is 5.39. The standard InChI is InChI=1S/C34H34N6O3S/c1-20(2)15-38-44(42,43)32-13-26-29(40-34(41)23-7-5-11-35-17-23)14-30(39-31-19-36-16-22-6-3-4-8-24(22)31)33(26)27-18-37-28(12-25(27)32)21-9-10-21/h3-8,11-13,16-21,29-30,38-39H,9-10,14-15H2,1-2H3,(H,40,41)/t29-,30+/m1/s1. The number of benzene rings is 2. The summed E-state index contributed by atoms with van der Waals surface area (Å²) in [5.74, 6) is 0.226. The van der Waals surface area contributed by atoms with Crippen LogP contribution in [0.25, 0.3) is 21.5 Å². The van der Waals surface area contributed by atoms with Gasteiger partial charge in [-0.1, -0.05) is 38.1 Å². The Labute approximate surface area is 256 Å². The van der Waals surface area contributed by atoms with Crippen molar-refractivity contribution in [2.75, 3.05) is 11.9 Å². The summed E-state index contributed by atoms with van der Waals surface area (Å²) in [5.41, 5.74) is 3.91. The molecule has 3 aromatic heterocycles. The number of aromatic nitrogens is 3. The SMILES string of the molecule is CC(C)CNS(=O)(=O)c1cc2c(c3cnc(C4CC4)cc13)[C@@H](Nc1cncc3ccccc13)C[C@H]2NC(=O)c1cccnc1. The number of pyridine rings is 3. The Morgan fingerprint density at radius 1 is 0.932 bits per heavy atom. The van der Waals surface area contributed by atoms with E-state index in [-0.39, 0.29) is 22.8 Å². The summed E-state index contributed by atoms with van der Waals surface area (Å²) in [6, 6.07) is 14.5. The van der Waals surface area contributed by atoms with E-state index in [0.717, 1.165) is 51.5 Å². The molecule has 0 unspecified atom stereocenters. The Bertz CT molecular complexity index is 1990. The molecule has 7 rings (SSSR count). The van der Waals surface area contributed by atoms with Crippen LogP contribution in [0.2, 0.25) is 0 Å². The Balaban J connectivity index is 1.39. The molecular formula is C34H34N6O3S. The predicted octanol–water partition coefficient (Wildman–Crippen LogP) is 6.02. The molecule has 3 heterocycles. The second-order valence-corrected chi connectivity index (χ2v) is 13.9. The molecule has 44 heavy (non-hydrogen) atoms. The van der Waals surface area contributed by atoms with Gasteiger partial charge in [0.15, 0.2) is 0 Å². The van der Waals surface area contributed by atoms with E-state index in [2.05, 4.69) is 31.4 Å². The van der Waals surface area contributed by atoms with E-state index in [1.165, 1.54) is 6.20 Å². The number of nitrogens with zero attached hydrogens (tertiary/aromatic N) is 3. The highest BCUT2D eigenvalue weighted by molar-refractivity contribution is 7.89. The number of carbonyl (C=O) groups excluding carboxylic acids is 1. The van der Waals surface area contributed by atoms with Crippen LogP contribution in [-0.4, -0.2) is 35.8 Å². The minimum absolute atomic E-state index is 0.142. The third-order valence-corrected chi connectivity index (χ3v) is 9.93. The molecule has 2 aliphatic rings. The molecule has 0 radical (unpaired) electrons. The van der Waals surface area contributed by atoms with Crippen molar-refractivity contribution in [2.24, 2.45) is 5.92 Å². The van der Waals surface area contributed by atoms with Crippen molar-refractivity contribution in [2.45, 2.75) is 56.0 Å². The second-order valence-electron chi connectivity index (χ2n) is 12.2. The van der Waals surface area contributed by atoms with Crippen LogP contribution in [0.15, 0.2) is 84.4 Å². The largest absolute Gasteiger partial charge is 0.376 e. The maximum atomic E-state index is 13.9. The minimum Gasteiger partial charge on any atom is -0.376 e. The first kappa shape index (κ1) is 28.4. The number of hydrogen-bond donors (Lipinski definition) is 3. The van der Waals surface area contributed by atoms with Gasteiger partial charge in [-0.2, -0.15) is 0 Å². The van der Waals surface area contributed by atoms with Crippen LogP contribution < -0.4 is 15.4 Å². The number of carbonyl (C=O) groups is 1. The Morgan fingerprint density at radius 3 is 2.55 bits per heavy atom. The molecule has 0 spiro atoms. The maximum absolute atomic E-state index is 13.9. The van der Waals surface area contributed by atoms with Crippen LogP contribution in [0, 0.1) is 5.92 Å². The molecule has 1 fully saturated rings. The van der Waals surface area contributed by atoms with Gasteiger partial charge in [0, 0.05) is 64.5 Å². The lowest BCUT2D eigenvalue weighted by atomic mass is 9.98. The molecular weight excluding hydrogens is 572 g/mol. The van der Waals surface area contributed by atoms with Gasteiger partial charge >= 0.3 is 0 Å². The first-order chi connectivity index (χ1) is 21.3. The first-order valence-electron chi connectivity index (χ1n) is 15.0. The molecule has 2 atom stereocenters. The number of anilines is 1. The summed E-state index contributed by atoms with van der Waals surface area (Å²) in [7, 11) is -3.87. The average Bonchev–Trinajstić information content (AvgIpc) is 3.83. The number of amides is 1. The van der Waals surface area contributed by atoms with Gasteiger partial charge in [-0.25, -0.2) is 13.1 Å². The van der Waals surface area contributed by atoms with Gasteiger partial charge < -0.3 is 10.6 Å². The third-order valence-electron chi connectivity index (χ3n) is 8.47. The predicted molar refractivity (Wildman–Crippen MR) is 171 cm³/mol. The molecule has 0 bridgehead atoms. The highest BCUT2D eigenvalue weighted by atomic mass is 32.2. The summed E-state index contributed by atoms with van der Waals surface area (Å²) in [5, 5.41) is 10.3. The van der Waals surface area contributed by atoms with Gasteiger partial charge in [0.1, 0.15) is 0 Å². The van der Waals surface area contributed by atoms with Crippen molar-refractivity contribution >= 4 is 43.2 Å². The van der Waals surface area contributed by atoms with Gasteiger partial charge in [-0.3, -0.25) is 19.7 Å². The fourth-order valence-electron chi connectivity index (χ4n) is 6.10. The molecule has 0 saturated heterocycles. The second kappa shape index (κ2) is 11.3. The zero-order valence-corrected chi connectivity index (χ0v) is 25.4. The zero-order chi connectivity index (χ0) is 30.4. The normalized spacial score (nSPS) is 18.1. The smallest absolute Gasteiger partial charge is 0.253 e. The van der Waals surface area contributed by atoms with Crippen molar-refractivity contribution in [1.29, 1.82) is 0 Å². The van der Waals surface area contributed by atoms with E-state index in [1.807, 2.05) is 56.7 Å². The molecule has 10 heteroatoms. The monoisotopic (exact) mass is 606 g/mol. The highest BCUT2D eigenvalue weighted by Gasteiger charge is 2.37. The number of hydrogen-bond acceptors (Lipinski definition) is 7. The van der Waals surface area contributed by atoms with E-state index in [1.54, 1.807) is 24.4 Å². The van der Waals surface area contributed by atoms with Gasteiger partial charge in [0.05, 0.1) is 34.4 Å². The fourth-order valence-corrected chi connectivity index (χ4v) is 7.55. The number of nitrogens with one attached hydrogen (secondary N) is 3. The minimum atomic E-state index is -3.87. The highest BCUT2D eigenvalue weighted by Crippen LogP contribution is 2.48. The van der Waals surface area contributed by atoms with Crippen LogP contribution in [-0.2, 0) is 10.0 Å².